The highest BCUT2D eigenvalue weighted by molar-refractivity contribution is 7.96. The zero-order chi connectivity index (χ0) is 23.1. The fraction of sp³-hybridized carbons (Fsp3) is 0.0968. The molecule has 4 aromatic rings. The molecular formula is C31H29OP. The van der Waals surface area contributed by atoms with E-state index in [-0.39, 0.29) is 11.7 Å². The third-order valence-electron chi connectivity index (χ3n) is 5.82. The molecule has 0 fully saturated rings. The minimum absolute atomic E-state index is 0.0758. The molecule has 0 spiro atoms. The summed E-state index contributed by atoms with van der Waals surface area (Å²) in [7, 11) is 0. The van der Waals surface area contributed by atoms with Gasteiger partial charge in [0, 0.05) is 5.29 Å². The predicted molar refractivity (Wildman–Crippen MR) is 145 cm³/mol. The average Bonchev–Trinajstić information content (AvgIpc) is 2.88. The molecule has 0 saturated heterocycles. The average molecular weight is 449 g/mol. The minimum Gasteiger partial charge on any atom is -0.290 e. The van der Waals surface area contributed by atoms with Crippen LogP contribution in [0.15, 0.2) is 127 Å². The monoisotopic (exact) mass is 448 g/mol. The number of hydrogen-bond donors (Lipinski definition) is 0. The summed E-state index contributed by atoms with van der Waals surface area (Å²) in [5.74, 6) is 0.172. The highest BCUT2D eigenvalue weighted by Gasteiger charge is 2.33. The van der Waals surface area contributed by atoms with E-state index in [4.69, 9.17) is 0 Å². The Morgan fingerprint density at radius 3 is 1.33 bits per heavy atom. The Labute approximate surface area is 197 Å². The first-order chi connectivity index (χ1) is 16.1. The second kappa shape index (κ2) is 10.5. The summed E-state index contributed by atoms with van der Waals surface area (Å²) in [4.78, 5) is 14.0. The topological polar surface area (TPSA) is 17.1 Å². The van der Waals surface area contributed by atoms with Gasteiger partial charge in [0.1, 0.15) is 0 Å². The molecule has 2 heteroatoms. The van der Waals surface area contributed by atoms with Crippen molar-refractivity contribution >= 4 is 40.0 Å². The summed E-state index contributed by atoms with van der Waals surface area (Å²) >= 11 is 0. The molecule has 164 valence electrons. The number of benzene rings is 4. The van der Waals surface area contributed by atoms with E-state index in [1.807, 2.05) is 54.6 Å². The van der Waals surface area contributed by atoms with Gasteiger partial charge in [-0.15, -0.1) is 0 Å². The van der Waals surface area contributed by atoms with Gasteiger partial charge >= 0.3 is 0 Å². The number of rotatable bonds is 7. The first kappa shape index (κ1) is 22.8. The molecule has 0 amide bonds. The van der Waals surface area contributed by atoms with Gasteiger partial charge in [-0.2, -0.15) is 0 Å². The largest absolute Gasteiger partial charge is 0.290 e. The summed E-state index contributed by atoms with van der Waals surface area (Å²) in [6.45, 7) is 1.91. The van der Waals surface area contributed by atoms with Crippen molar-refractivity contribution < 1.29 is 4.79 Å². The lowest BCUT2D eigenvalue weighted by Gasteiger charge is -2.33. The third-order valence-corrected chi connectivity index (χ3v) is 10.5. The van der Waals surface area contributed by atoms with Crippen molar-refractivity contribution in [2.75, 3.05) is 0 Å². The van der Waals surface area contributed by atoms with Crippen molar-refractivity contribution in [1.82, 2.24) is 0 Å². The first-order valence-electron chi connectivity index (χ1n) is 11.3. The summed E-state index contributed by atoms with van der Waals surface area (Å²) in [6, 6.07) is 41.7. The van der Waals surface area contributed by atoms with Crippen LogP contribution < -0.4 is 15.9 Å². The van der Waals surface area contributed by atoms with E-state index in [2.05, 4.69) is 86.6 Å². The Bertz CT molecular complexity index is 1170. The van der Waals surface area contributed by atoms with Gasteiger partial charge in [0.2, 0.25) is 0 Å². The molecule has 0 unspecified atom stereocenters. The third kappa shape index (κ3) is 4.70. The molecule has 0 aromatic heterocycles. The zero-order valence-corrected chi connectivity index (χ0v) is 20.0. The van der Waals surface area contributed by atoms with Crippen molar-refractivity contribution in [2.24, 2.45) is 5.92 Å². The number of carbonyl (C=O) groups excluding carboxylic acids is 1. The molecule has 0 aliphatic heterocycles. The molecule has 0 saturated carbocycles. The quantitative estimate of drug-likeness (QED) is 0.247. The normalized spacial score (nSPS) is 11.6. The number of ketones is 1. The van der Waals surface area contributed by atoms with E-state index in [9.17, 15) is 4.79 Å². The van der Waals surface area contributed by atoms with E-state index in [0.29, 0.717) is 0 Å². The Hall–Kier alpha value is -3.41. The Morgan fingerprint density at radius 2 is 0.970 bits per heavy atom. The summed E-state index contributed by atoms with van der Waals surface area (Å²) in [5.41, 5.74) is 1.03. The van der Waals surface area contributed by atoms with E-state index < -0.39 is 6.89 Å². The number of hydrogen-bond acceptors (Lipinski definition) is 1. The van der Waals surface area contributed by atoms with Crippen LogP contribution in [0.2, 0.25) is 0 Å². The summed E-state index contributed by atoms with van der Waals surface area (Å²) in [5, 5.41) is 4.57. The second-order valence-corrected chi connectivity index (χ2v) is 11.7. The maximum Gasteiger partial charge on any atom is 0.183 e. The Kier molecular flexibility index (Phi) is 7.23. The lowest BCUT2D eigenvalue weighted by Crippen LogP contribution is -2.35. The predicted octanol–water partition coefficient (Wildman–Crippen LogP) is 6.09. The van der Waals surface area contributed by atoms with Gasteiger partial charge in [0.15, 0.2) is 5.78 Å². The number of carbonyl (C=O) groups is 1. The molecule has 0 bridgehead atoms. The van der Waals surface area contributed by atoms with Crippen molar-refractivity contribution in [1.29, 1.82) is 0 Å². The second-order valence-electron chi connectivity index (χ2n) is 8.33. The van der Waals surface area contributed by atoms with Crippen LogP contribution in [0.4, 0.5) is 0 Å². The molecule has 4 aromatic carbocycles. The first-order valence-corrected chi connectivity index (χ1v) is 13.1. The molecule has 0 atom stereocenters. The van der Waals surface area contributed by atoms with Gasteiger partial charge in [-0.25, -0.2) is 0 Å². The van der Waals surface area contributed by atoms with Crippen molar-refractivity contribution in [2.45, 2.75) is 13.8 Å². The smallest absolute Gasteiger partial charge is 0.183 e. The highest BCUT2D eigenvalue weighted by atomic mass is 31.2. The Morgan fingerprint density at radius 1 is 0.606 bits per heavy atom. The standard InChI is InChI=1S/C31H29OP/c1-25(2)31(30(32)24-23-26-15-7-3-8-16-26)33(27-17-9-4-10-18-27,28-19-11-5-12-20-28)29-21-13-6-14-22-29/h3-25H,1-2H3/b24-23+. The molecule has 4 rings (SSSR count). The van der Waals surface area contributed by atoms with Crippen LogP contribution >= 0.6 is 6.89 Å². The van der Waals surface area contributed by atoms with Gasteiger partial charge in [-0.05, 0) is 40.4 Å². The van der Waals surface area contributed by atoms with E-state index in [0.717, 1.165) is 10.9 Å². The fourth-order valence-electron chi connectivity index (χ4n) is 4.48. The van der Waals surface area contributed by atoms with Gasteiger partial charge in [0.25, 0.3) is 0 Å². The van der Waals surface area contributed by atoms with Crippen LogP contribution in [0.5, 0.6) is 0 Å². The van der Waals surface area contributed by atoms with Gasteiger partial charge in [0.05, 0.1) is 0 Å². The number of allylic oxidation sites excluding steroid dienone is 1. The van der Waals surface area contributed by atoms with Crippen LogP contribution in [0.1, 0.15) is 19.4 Å². The van der Waals surface area contributed by atoms with Crippen LogP contribution in [0.25, 0.3) is 6.08 Å². The molecule has 0 aliphatic carbocycles. The molecular weight excluding hydrogens is 419 g/mol. The van der Waals surface area contributed by atoms with Crippen molar-refractivity contribution in [3.05, 3.63) is 133 Å². The van der Waals surface area contributed by atoms with E-state index in [1.54, 1.807) is 6.08 Å². The lowest BCUT2D eigenvalue weighted by molar-refractivity contribution is -0.108. The van der Waals surface area contributed by atoms with E-state index >= 15 is 0 Å². The van der Waals surface area contributed by atoms with Crippen LogP contribution in [0.3, 0.4) is 0 Å². The lowest BCUT2D eigenvalue weighted by atomic mass is 10.1. The zero-order valence-electron chi connectivity index (χ0n) is 19.1. The molecule has 0 radical (unpaired) electrons. The SMILES string of the molecule is CC(C)C(C(=O)/C=C/c1ccccc1)=P(c1ccccc1)(c1ccccc1)c1ccccc1. The molecule has 1 nitrogen and oxygen atoms in total. The van der Waals surface area contributed by atoms with Crippen LogP contribution in [-0.4, -0.2) is 11.1 Å². The molecule has 0 N–H and O–H groups in total. The highest BCUT2D eigenvalue weighted by Crippen LogP contribution is 2.48. The maximum atomic E-state index is 14.0. The fourth-order valence-corrected chi connectivity index (χ4v) is 9.24. The van der Waals surface area contributed by atoms with Crippen molar-refractivity contribution in [3.8, 4) is 0 Å². The molecule has 0 aliphatic rings. The van der Waals surface area contributed by atoms with Crippen LogP contribution in [-0.2, 0) is 4.79 Å². The van der Waals surface area contributed by atoms with Crippen molar-refractivity contribution in [3.63, 3.8) is 0 Å². The summed E-state index contributed by atoms with van der Waals surface area (Å²) < 4.78 is 0. The van der Waals surface area contributed by atoms with Gasteiger partial charge in [-0.3, -0.25) is 4.79 Å². The summed E-state index contributed by atoms with van der Waals surface area (Å²) in [6.07, 6.45) is 3.69. The molecule has 0 heterocycles. The molecule has 33 heavy (non-hydrogen) atoms. The Balaban J connectivity index is 2.11. The maximum absolute atomic E-state index is 14.0. The van der Waals surface area contributed by atoms with Gasteiger partial charge < -0.3 is 0 Å². The van der Waals surface area contributed by atoms with Gasteiger partial charge in [-0.1, -0.05) is 141 Å². The van der Waals surface area contributed by atoms with E-state index in [1.165, 1.54) is 15.9 Å². The van der Waals surface area contributed by atoms with Crippen LogP contribution in [0, 0.1) is 5.92 Å². The minimum atomic E-state index is -2.38.